The molecule has 5 heteroatoms. The number of amides is 1. The fourth-order valence-electron chi connectivity index (χ4n) is 2.91. The smallest absolute Gasteiger partial charge is 0.223 e. The molecule has 0 spiro atoms. The van der Waals surface area contributed by atoms with Crippen molar-refractivity contribution in [1.29, 1.82) is 0 Å². The Morgan fingerprint density at radius 3 is 2.39 bits per heavy atom. The molecule has 0 unspecified atom stereocenters. The molecule has 128 valence electrons. The summed E-state index contributed by atoms with van der Waals surface area (Å²) >= 11 is 0. The number of likely N-dealkylation sites (tertiary alicyclic amines) is 1. The number of rotatable bonds is 7. The first-order valence-corrected chi connectivity index (χ1v) is 8.42. The van der Waals surface area contributed by atoms with Crippen molar-refractivity contribution in [3.8, 4) is 0 Å². The topological polar surface area (TPSA) is 55.8 Å². The van der Waals surface area contributed by atoms with Crippen LogP contribution in [0.3, 0.4) is 0 Å². The summed E-state index contributed by atoms with van der Waals surface area (Å²) in [5, 5.41) is 12.1. The summed E-state index contributed by atoms with van der Waals surface area (Å²) in [6.45, 7) is 4.55. The average molecular weight is 319 g/mol. The van der Waals surface area contributed by atoms with E-state index in [1.165, 1.54) is 5.56 Å². The Morgan fingerprint density at radius 1 is 1.22 bits per heavy atom. The Hall–Kier alpha value is -1.43. The molecule has 1 amide bonds. The van der Waals surface area contributed by atoms with Crippen LogP contribution in [0.25, 0.3) is 0 Å². The lowest BCUT2D eigenvalue weighted by Gasteiger charge is -2.31. The molecule has 1 aliphatic heterocycles. The molecular weight excluding hydrogens is 290 g/mol. The number of carbonyl (C=O) groups excluding carboxylic acids is 1. The fourth-order valence-corrected chi connectivity index (χ4v) is 2.91. The van der Waals surface area contributed by atoms with Crippen molar-refractivity contribution in [3.63, 3.8) is 0 Å². The van der Waals surface area contributed by atoms with Gasteiger partial charge in [-0.3, -0.25) is 9.69 Å². The van der Waals surface area contributed by atoms with Gasteiger partial charge in [0.2, 0.25) is 5.91 Å². The van der Waals surface area contributed by atoms with Crippen LogP contribution in [0.4, 0.5) is 0 Å². The lowest BCUT2D eigenvalue weighted by Crippen LogP contribution is -2.41. The van der Waals surface area contributed by atoms with Gasteiger partial charge in [0.1, 0.15) is 0 Å². The van der Waals surface area contributed by atoms with Gasteiger partial charge in [-0.2, -0.15) is 0 Å². The molecule has 23 heavy (non-hydrogen) atoms. The Morgan fingerprint density at radius 2 is 1.83 bits per heavy atom. The van der Waals surface area contributed by atoms with Gasteiger partial charge in [-0.25, -0.2) is 0 Å². The third-order valence-corrected chi connectivity index (χ3v) is 4.43. The summed E-state index contributed by atoms with van der Waals surface area (Å²) in [5.74, 6) is 0.365. The number of nitrogens with one attached hydrogen (secondary N) is 1. The number of nitrogens with zero attached hydrogens (tertiary/aromatic N) is 2. The fraction of sp³-hybridized carbons (Fsp3) is 0.611. The number of benzene rings is 1. The summed E-state index contributed by atoms with van der Waals surface area (Å²) in [5.41, 5.74) is 2.21. The summed E-state index contributed by atoms with van der Waals surface area (Å²) in [6.07, 6.45) is 1.87. The highest BCUT2D eigenvalue weighted by Gasteiger charge is 2.24. The van der Waals surface area contributed by atoms with Gasteiger partial charge in [-0.1, -0.05) is 24.3 Å². The van der Waals surface area contributed by atoms with E-state index in [1.54, 1.807) is 0 Å². The highest BCUT2D eigenvalue weighted by Crippen LogP contribution is 2.19. The number of aliphatic hydroxyl groups excluding tert-OH is 1. The second kappa shape index (κ2) is 9.01. The van der Waals surface area contributed by atoms with Crippen LogP contribution in [-0.2, 0) is 17.9 Å². The van der Waals surface area contributed by atoms with E-state index >= 15 is 0 Å². The molecule has 1 aliphatic rings. The molecule has 2 N–H and O–H groups in total. The van der Waals surface area contributed by atoms with Crippen LogP contribution >= 0.6 is 0 Å². The van der Waals surface area contributed by atoms with Crippen LogP contribution in [0.1, 0.15) is 24.0 Å². The van der Waals surface area contributed by atoms with Crippen molar-refractivity contribution in [3.05, 3.63) is 35.4 Å². The van der Waals surface area contributed by atoms with E-state index < -0.39 is 0 Å². The first kappa shape index (κ1) is 17.9. The van der Waals surface area contributed by atoms with Gasteiger partial charge in [0, 0.05) is 25.6 Å². The predicted molar refractivity (Wildman–Crippen MR) is 91.9 cm³/mol. The Labute approximate surface area is 139 Å². The van der Waals surface area contributed by atoms with Crippen molar-refractivity contribution >= 4 is 5.91 Å². The minimum absolute atomic E-state index is 0.0919. The van der Waals surface area contributed by atoms with Gasteiger partial charge in [0.25, 0.3) is 0 Å². The Balaban J connectivity index is 1.71. The lowest BCUT2D eigenvalue weighted by molar-refractivity contribution is -0.126. The summed E-state index contributed by atoms with van der Waals surface area (Å²) in [4.78, 5) is 16.6. The van der Waals surface area contributed by atoms with Gasteiger partial charge in [-0.15, -0.1) is 0 Å². The van der Waals surface area contributed by atoms with E-state index in [4.69, 9.17) is 5.11 Å². The zero-order valence-electron chi connectivity index (χ0n) is 14.3. The summed E-state index contributed by atoms with van der Waals surface area (Å²) < 4.78 is 0. The normalized spacial score (nSPS) is 16.7. The van der Waals surface area contributed by atoms with Crippen LogP contribution in [0.2, 0.25) is 0 Å². The van der Waals surface area contributed by atoms with Gasteiger partial charge in [-0.05, 0) is 51.2 Å². The molecule has 0 radical (unpaired) electrons. The first-order valence-electron chi connectivity index (χ1n) is 8.42. The van der Waals surface area contributed by atoms with E-state index in [1.807, 2.05) is 26.2 Å². The van der Waals surface area contributed by atoms with Crippen molar-refractivity contribution in [1.82, 2.24) is 15.1 Å². The zero-order valence-corrected chi connectivity index (χ0v) is 14.3. The second-order valence-electron chi connectivity index (χ2n) is 6.62. The summed E-state index contributed by atoms with van der Waals surface area (Å²) in [6, 6.07) is 8.09. The molecule has 5 nitrogen and oxygen atoms in total. The van der Waals surface area contributed by atoms with E-state index in [9.17, 15) is 4.79 Å². The Kier molecular flexibility index (Phi) is 7.02. The molecule has 0 aliphatic carbocycles. The van der Waals surface area contributed by atoms with E-state index in [0.29, 0.717) is 0 Å². The molecule has 1 aromatic rings. The maximum Gasteiger partial charge on any atom is 0.223 e. The van der Waals surface area contributed by atoms with Crippen LogP contribution in [0.15, 0.2) is 24.3 Å². The van der Waals surface area contributed by atoms with Crippen LogP contribution in [0.5, 0.6) is 0 Å². The number of carbonyl (C=O) groups is 1. The van der Waals surface area contributed by atoms with Gasteiger partial charge >= 0.3 is 0 Å². The summed E-state index contributed by atoms with van der Waals surface area (Å²) in [7, 11) is 4.02. The number of aliphatic hydroxyl groups is 1. The monoisotopic (exact) mass is 319 g/mol. The number of hydrogen-bond acceptors (Lipinski definition) is 4. The molecule has 1 fully saturated rings. The third-order valence-electron chi connectivity index (χ3n) is 4.43. The van der Waals surface area contributed by atoms with Crippen molar-refractivity contribution in [2.75, 3.05) is 40.3 Å². The predicted octanol–water partition coefficient (Wildman–Crippen LogP) is 1.07. The number of piperidine rings is 1. The number of likely N-dealkylation sites (N-methyl/N-ethyl adjacent to an activating group) is 1. The minimum atomic E-state index is 0.0919. The molecule has 0 saturated carbocycles. The molecule has 0 atom stereocenters. The van der Waals surface area contributed by atoms with E-state index in [0.717, 1.165) is 51.1 Å². The quantitative estimate of drug-likeness (QED) is 0.789. The molecule has 1 heterocycles. The van der Waals surface area contributed by atoms with Crippen LogP contribution in [0, 0.1) is 5.92 Å². The van der Waals surface area contributed by atoms with Crippen molar-refractivity contribution in [2.24, 2.45) is 5.92 Å². The standard InChI is InChI=1S/C18H29N3O2/c1-20(2)12-9-19-18(23)17-7-10-21(11-8-17)13-15-3-5-16(14-22)6-4-15/h3-6,17,22H,7-14H2,1-2H3,(H,19,23). The average Bonchev–Trinajstić information content (AvgIpc) is 2.56. The molecule has 2 rings (SSSR count). The maximum absolute atomic E-state index is 12.1. The van der Waals surface area contributed by atoms with Gasteiger partial charge < -0.3 is 15.3 Å². The molecule has 1 aromatic carbocycles. The minimum Gasteiger partial charge on any atom is -0.392 e. The molecule has 0 aromatic heterocycles. The van der Waals surface area contributed by atoms with Crippen LogP contribution in [-0.4, -0.2) is 61.1 Å². The highest BCUT2D eigenvalue weighted by molar-refractivity contribution is 5.78. The third kappa shape index (κ3) is 5.94. The largest absolute Gasteiger partial charge is 0.392 e. The molecule has 1 saturated heterocycles. The SMILES string of the molecule is CN(C)CCNC(=O)C1CCN(Cc2ccc(CO)cc2)CC1. The maximum atomic E-state index is 12.1. The van der Waals surface area contributed by atoms with Crippen LogP contribution < -0.4 is 5.32 Å². The van der Waals surface area contributed by atoms with Gasteiger partial charge in [0.15, 0.2) is 0 Å². The van der Waals surface area contributed by atoms with E-state index in [-0.39, 0.29) is 18.4 Å². The second-order valence-corrected chi connectivity index (χ2v) is 6.62. The van der Waals surface area contributed by atoms with Crippen molar-refractivity contribution < 1.29 is 9.90 Å². The Bertz CT molecular complexity index is 480. The zero-order chi connectivity index (χ0) is 16.7. The molecular formula is C18H29N3O2. The molecule has 0 bridgehead atoms. The lowest BCUT2D eigenvalue weighted by atomic mass is 9.95. The number of hydrogen-bond donors (Lipinski definition) is 2. The first-order chi connectivity index (χ1) is 11.1. The van der Waals surface area contributed by atoms with Gasteiger partial charge in [0.05, 0.1) is 6.61 Å². The van der Waals surface area contributed by atoms with E-state index in [2.05, 4.69) is 27.2 Å². The van der Waals surface area contributed by atoms with Crippen molar-refractivity contribution in [2.45, 2.75) is 26.0 Å². The highest BCUT2D eigenvalue weighted by atomic mass is 16.3.